The largest absolute Gasteiger partial charge is 0.465 e. The van der Waals surface area contributed by atoms with Gasteiger partial charge in [0.05, 0.1) is 18.3 Å². The third-order valence-corrected chi connectivity index (χ3v) is 9.23. The first-order valence-corrected chi connectivity index (χ1v) is 20.7. The molecule has 1 saturated heterocycles. The summed E-state index contributed by atoms with van der Waals surface area (Å²) in [7, 11) is 0. The molecule has 1 heterocycles. The van der Waals surface area contributed by atoms with Crippen LogP contribution in [0.2, 0.25) is 0 Å². The third kappa shape index (κ3) is 30.7. The maximum absolute atomic E-state index is 11.5. The van der Waals surface area contributed by atoms with Crippen LogP contribution in [-0.4, -0.2) is 48.2 Å². The van der Waals surface area contributed by atoms with Crippen LogP contribution in [0.1, 0.15) is 171 Å². The van der Waals surface area contributed by atoms with E-state index in [9.17, 15) is 14.4 Å². The van der Waals surface area contributed by atoms with E-state index in [-0.39, 0.29) is 30.9 Å². The number of esters is 1. The van der Waals surface area contributed by atoms with Gasteiger partial charge in [0.2, 0.25) is 0 Å². The van der Waals surface area contributed by atoms with Crippen LogP contribution in [0, 0.1) is 46.8 Å². The highest BCUT2D eigenvalue weighted by Crippen LogP contribution is 2.53. The van der Waals surface area contributed by atoms with E-state index in [1.165, 1.54) is 44.5 Å². The number of nitrogens with one attached hydrogen (secondary N) is 1. The Morgan fingerprint density at radius 2 is 1.39 bits per heavy atom. The van der Waals surface area contributed by atoms with Crippen LogP contribution < -0.4 is 5.32 Å². The molecule has 1 saturated carbocycles. The van der Waals surface area contributed by atoms with Crippen molar-refractivity contribution in [3.05, 3.63) is 49.4 Å². The second kappa shape index (κ2) is 33.7. The molecule has 2 rings (SSSR count). The Balaban J connectivity index is -0.000000201. The van der Waals surface area contributed by atoms with Crippen LogP contribution >= 0.6 is 0 Å². The van der Waals surface area contributed by atoms with E-state index in [0.29, 0.717) is 60.4 Å². The number of hydrogen-bond acceptors (Lipinski definition) is 6. The molecule has 6 heteroatoms. The lowest BCUT2D eigenvalue weighted by atomic mass is 9.79. The molecule has 6 nitrogen and oxygen atoms in total. The molecule has 0 amide bonds. The number of Topliss-reactive ketones (excluding diaryl/α,β-unsaturated/α-hetero) is 2. The fraction of sp³-hybridized carbons (Fsp3) is 0.771. The van der Waals surface area contributed by atoms with Crippen molar-refractivity contribution in [2.75, 3.05) is 19.7 Å². The van der Waals surface area contributed by atoms with Gasteiger partial charge in [0.1, 0.15) is 5.78 Å². The second-order valence-corrected chi connectivity index (χ2v) is 17.0. The van der Waals surface area contributed by atoms with Gasteiger partial charge in [-0.15, -0.1) is 6.58 Å². The first-order valence-electron chi connectivity index (χ1n) is 20.7. The van der Waals surface area contributed by atoms with E-state index in [1.54, 1.807) is 6.08 Å². The quantitative estimate of drug-likeness (QED) is 0.0959. The Hall–Kier alpha value is -2.63. The topological polar surface area (TPSA) is 75.7 Å². The van der Waals surface area contributed by atoms with Crippen molar-refractivity contribution in [3.8, 4) is 0 Å². The summed E-state index contributed by atoms with van der Waals surface area (Å²) in [5.41, 5.74) is 3.52. The average Bonchev–Trinajstić information content (AvgIpc) is 3.70. The van der Waals surface area contributed by atoms with Gasteiger partial charge in [0, 0.05) is 31.1 Å². The Morgan fingerprint density at radius 1 is 0.907 bits per heavy atom. The van der Waals surface area contributed by atoms with Crippen LogP contribution in [-0.2, 0) is 19.1 Å². The summed E-state index contributed by atoms with van der Waals surface area (Å²) in [5, 5.41) is 2.91. The highest BCUT2D eigenvalue weighted by Gasteiger charge is 2.52. The van der Waals surface area contributed by atoms with E-state index < -0.39 is 0 Å². The van der Waals surface area contributed by atoms with Gasteiger partial charge in [-0.05, 0) is 81.0 Å². The highest BCUT2D eigenvalue weighted by atomic mass is 16.5. The summed E-state index contributed by atoms with van der Waals surface area (Å²) in [6, 6.07) is 0.578. The van der Waals surface area contributed by atoms with Crippen molar-refractivity contribution >= 4 is 17.5 Å². The molecule has 1 N–H and O–H groups in total. The number of ether oxygens (including phenoxy) is 1. The molecule has 0 radical (unpaired) electrons. The van der Waals surface area contributed by atoms with Crippen LogP contribution in [0.3, 0.4) is 0 Å². The minimum atomic E-state index is -0.0671. The average molecular weight is 763 g/mol. The molecule has 1 aliphatic carbocycles. The van der Waals surface area contributed by atoms with Gasteiger partial charge in [-0.2, -0.15) is 0 Å². The van der Waals surface area contributed by atoms with Crippen LogP contribution in [0.15, 0.2) is 49.4 Å². The number of fused-ring (bicyclic) bond motifs is 1. The van der Waals surface area contributed by atoms with Crippen molar-refractivity contribution in [1.82, 2.24) is 10.2 Å². The normalized spacial score (nSPS) is 17.7. The van der Waals surface area contributed by atoms with Crippen LogP contribution in [0.5, 0.6) is 0 Å². The van der Waals surface area contributed by atoms with Crippen LogP contribution in [0.4, 0.5) is 0 Å². The smallest absolute Gasteiger partial charge is 0.306 e. The van der Waals surface area contributed by atoms with Gasteiger partial charge < -0.3 is 19.7 Å². The molecule has 2 fully saturated rings. The summed E-state index contributed by atoms with van der Waals surface area (Å²) in [6.07, 6.45) is 7.98. The Kier molecular flexibility index (Phi) is 37.8. The Labute approximate surface area is 338 Å². The maximum atomic E-state index is 11.5. The molecule has 6 atom stereocenters. The molecular weight excluding hydrogens is 669 g/mol. The Bertz CT molecular complexity index is 1050. The number of rotatable bonds is 16. The lowest BCUT2D eigenvalue weighted by Gasteiger charge is -2.35. The standard InChI is InChI=1S/C17H29N.C11H19NO.C11H22O2.C3H6O.C3H8.C2H6.CH4/c1-11(2)16-15-9-14(15)10-18(16)13(4)8-12(3)17(5,6)7;1-5-7-9(3)11(13)10(4)12-8-6-2;1-8(2)6-11(12)13-7-10(5)9(3)4;1-3(2)4;1-3-2;1-2;/h12,14-16H,1,4,8-10H2,2-3,5-7H3;6,9,12H,2,4-5,7-8H2,1,3H3;8-10H,6-7H2,1-5H3;1-2H3;3H2,1-2H3;1-2H3;1H4/t12?,14-,15-,16?;;;;;;/m0....../s1. The molecule has 320 valence electrons. The van der Waals surface area contributed by atoms with E-state index in [0.717, 1.165) is 31.1 Å². The minimum absolute atomic E-state index is 0. The highest BCUT2D eigenvalue weighted by molar-refractivity contribution is 5.95. The Morgan fingerprint density at radius 3 is 1.76 bits per heavy atom. The maximum Gasteiger partial charge on any atom is 0.306 e. The fourth-order valence-corrected chi connectivity index (χ4v) is 5.15. The predicted octanol–water partition coefficient (Wildman–Crippen LogP) is 13.3. The molecule has 2 aliphatic rings. The molecule has 0 bridgehead atoms. The summed E-state index contributed by atoms with van der Waals surface area (Å²) < 4.78 is 5.14. The zero-order valence-corrected chi connectivity index (χ0v) is 38.5. The fourth-order valence-electron chi connectivity index (χ4n) is 5.15. The van der Waals surface area contributed by atoms with Gasteiger partial charge in [0.15, 0.2) is 5.78 Å². The van der Waals surface area contributed by atoms with E-state index >= 15 is 0 Å². The van der Waals surface area contributed by atoms with E-state index in [1.807, 2.05) is 34.6 Å². The van der Waals surface area contributed by atoms with Crippen molar-refractivity contribution < 1.29 is 19.1 Å². The summed E-state index contributed by atoms with van der Waals surface area (Å²) in [5.74, 6) is 4.19. The molecule has 0 aromatic heterocycles. The number of allylic oxidation sites excluding steroid dienone is 2. The van der Waals surface area contributed by atoms with Gasteiger partial charge in [-0.3, -0.25) is 9.59 Å². The first-order chi connectivity index (χ1) is 24.4. The minimum Gasteiger partial charge on any atom is -0.465 e. The number of piperidine rings is 1. The summed E-state index contributed by atoms with van der Waals surface area (Å²) in [6.45, 7) is 55.4. The van der Waals surface area contributed by atoms with Gasteiger partial charge in [-0.25, -0.2) is 0 Å². The molecule has 54 heavy (non-hydrogen) atoms. The molecule has 1 aliphatic heterocycles. The van der Waals surface area contributed by atoms with Gasteiger partial charge in [0.25, 0.3) is 0 Å². The number of hydrogen-bond donors (Lipinski definition) is 1. The lowest BCUT2D eigenvalue weighted by molar-refractivity contribution is -0.146. The van der Waals surface area contributed by atoms with Crippen molar-refractivity contribution in [3.63, 3.8) is 0 Å². The molecule has 0 aromatic rings. The lowest BCUT2D eigenvalue weighted by Crippen LogP contribution is -2.34. The third-order valence-electron chi connectivity index (χ3n) is 9.23. The predicted molar refractivity (Wildman–Crippen MR) is 241 cm³/mol. The molecule has 0 aromatic carbocycles. The number of carbonyl (C=O) groups is 3. The van der Waals surface area contributed by atoms with E-state index in [2.05, 4.69) is 113 Å². The summed E-state index contributed by atoms with van der Waals surface area (Å²) in [4.78, 5) is 34.7. The van der Waals surface area contributed by atoms with Crippen molar-refractivity contribution in [1.29, 1.82) is 0 Å². The van der Waals surface area contributed by atoms with E-state index in [4.69, 9.17) is 4.74 Å². The number of nitrogens with zero attached hydrogens (tertiary/aromatic N) is 1. The molecule has 4 unspecified atom stereocenters. The van der Waals surface area contributed by atoms with Gasteiger partial charge >= 0.3 is 5.97 Å². The first kappa shape index (κ1) is 60.6. The van der Waals surface area contributed by atoms with Crippen molar-refractivity contribution in [2.24, 2.45) is 46.8 Å². The zero-order valence-electron chi connectivity index (χ0n) is 38.5. The molecule has 0 spiro atoms. The van der Waals surface area contributed by atoms with Crippen molar-refractivity contribution in [2.45, 2.75) is 177 Å². The monoisotopic (exact) mass is 763 g/mol. The number of carbonyl (C=O) groups excluding carboxylic acids is 3. The van der Waals surface area contributed by atoms with Gasteiger partial charge in [-0.1, -0.05) is 156 Å². The molecular formula is C48H94N2O4. The van der Waals surface area contributed by atoms with Crippen LogP contribution in [0.25, 0.3) is 0 Å². The summed E-state index contributed by atoms with van der Waals surface area (Å²) >= 11 is 0. The number of ketones is 2. The SMILES string of the molecule is C.C=C(C)C1[C@H]2C[C@H]2CN1C(=C)CC(C)C(C)(C)C.C=CCNC(=C)C(=O)C(C)CCC.CC.CC(C)=O.CC(C)CC(=O)OCC(C)C(C)C.CCC. The second-order valence-electron chi connectivity index (χ2n) is 17.0. The zero-order chi connectivity index (χ0) is 42.6. The number of likely N-dealkylation sites (tertiary alicyclic amines) is 1.